The first-order chi connectivity index (χ1) is 14.9. The van der Waals surface area contributed by atoms with Crippen LogP contribution in [0.2, 0.25) is 0 Å². The summed E-state index contributed by atoms with van der Waals surface area (Å²) in [6.45, 7) is 3.36. The Morgan fingerprint density at radius 2 is 1.61 bits per heavy atom. The molecule has 1 heterocycles. The number of unbranched alkanes of at least 4 members (excludes halogenated alkanes) is 2. The van der Waals surface area contributed by atoms with Crippen molar-refractivity contribution in [3.63, 3.8) is 0 Å². The molecule has 166 valence electrons. The number of nitrogens with zero attached hydrogens (tertiary/aromatic N) is 1. The van der Waals surface area contributed by atoms with E-state index in [1.807, 2.05) is 0 Å². The van der Waals surface area contributed by atoms with Crippen LogP contribution in [0.1, 0.15) is 59.7 Å². The third-order valence-electron chi connectivity index (χ3n) is 5.52. The first-order valence-corrected chi connectivity index (χ1v) is 10.6. The van der Waals surface area contributed by atoms with Gasteiger partial charge in [0.15, 0.2) is 5.78 Å². The van der Waals surface area contributed by atoms with Crippen LogP contribution in [0.25, 0.3) is 0 Å². The minimum atomic E-state index is -1.20. The smallest absolute Gasteiger partial charge is 0.253 e. The van der Waals surface area contributed by atoms with Crippen LogP contribution >= 0.6 is 0 Å². The molecule has 4 nitrogen and oxygen atoms in total. The molecule has 0 unspecified atom stereocenters. The number of benzene rings is 2. The van der Waals surface area contributed by atoms with Crippen LogP contribution in [0.3, 0.4) is 0 Å². The van der Waals surface area contributed by atoms with E-state index in [-0.39, 0.29) is 5.91 Å². The summed E-state index contributed by atoms with van der Waals surface area (Å²) in [6.07, 6.45) is 3.79. The van der Waals surface area contributed by atoms with E-state index in [9.17, 15) is 22.8 Å². The van der Waals surface area contributed by atoms with Gasteiger partial charge in [-0.2, -0.15) is 0 Å². The summed E-state index contributed by atoms with van der Waals surface area (Å²) in [5, 5.41) is 0. The summed E-state index contributed by atoms with van der Waals surface area (Å²) in [5.74, 6) is -4.22. The first-order valence-electron chi connectivity index (χ1n) is 10.6. The second kappa shape index (κ2) is 10.5. The second-order valence-electron chi connectivity index (χ2n) is 7.76. The van der Waals surface area contributed by atoms with Gasteiger partial charge in [-0.25, -0.2) is 13.2 Å². The van der Waals surface area contributed by atoms with Crippen LogP contribution in [0.4, 0.5) is 13.2 Å². The van der Waals surface area contributed by atoms with E-state index in [1.165, 1.54) is 0 Å². The number of rotatable bonds is 8. The van der Waals surface area contributed by atoms with Gasteiger partial charge in [0.1, 0.15) is 23.2 Å². The number of amides is 1. The van der Waals surface area contributed by atoms with Crippen LogP contribution in [0.15, 0.2) is 36.4 Å². The zero-order valence-corrected chi connectivity index (χ0v) is 17.5. The summed E-state index contributed by atoms with van der Waals surface area (Å²) in [4.78, 5) is 26.9. The van der Waals surface area contributed by atoms with Crippen molar-refractivity contribution in [3.05, 3.63) is 65.0 Å². The average molecular weight is 433 g/mol. The molecule has 1 amide bonds. The Morgan fingerprint density at radius 3 is 2.19 bits per heavy atom. The SMILES string of the molecule is CCCCCOc1ccc(C(=O)N2CCC(C(=O)c3c(F)cc(F)cc3F)CC2)cc1. The first kappa shape index (κ1) is 22.8. The molecule has 2 aromatic carbocycles. The monoisotopic (exact) mass is 433 g/mol. The van der Waals surface area contributed by atoms with Crippen LogP contribution in [0, 0.1) is 23.4 Å². The number of likely N-dealkylation sites (tertiary alicyclic amines) is 1. The highest BCUT2D eigenvalue weighted by molar-refractivity contribution is 5.99. The molecule has 31 heavy (non-hydrogen) atoms. The topological polar surface area (TPSA) is 46.6 Å². The molecule has 0 radical (unpaired) electrons. The number of carbonyl (C=O) groups is 2. The number of ketones is 1. The molecule has 0 aliphatic carbocycles. The summed E-state index contributed by atoms with van der Waals surface area (Å²) < 4.78 is 46.6. The predicted octanol–water partition coefficient (Wildman–Crippen LogP) is 5.41. The number of carbonyl (C=O) groups excluding carboxylic acids is 2. The van der Waals surface area contributed by atoms with Crippen molar-refractivity contribution in [3.8, 4) is 5.75 Å². The number of hydrogen-bond donors (Lipinski definition) is 0. The fourth-order valence-electron chi connectivity index (χ4n) is 3.74. The number of hydrogen-bond acceptors (Lipinski definition) is 3. The second-order valence-corrected chi connectivity index (χ2v) is 7.76. The van der Waals surface area contributed by atoms with Gasteiger partial charge in [-0.1, -0.05) is 19.8 Å². The quantitative estimate of drug-likeness (QED) is 0.413. The van der Waals surface area contributed by atoms with E-state index in [0.29, 0.717) is 56.0 Å². The van der Waals surface area contributed by atoms with E-state index in [2.05, 4.69) is 6.92 Å². The Bertz CT molecular complexity index is 899. The van der Waals surface area contributed by atoms with Crippen molar-refractivity contribution >= 4 is 11.7 Å². The Labute approximate surface area is 180 Å². The number of Topliss-reactive ketones (excluding diaryl/α,β-unsaturated/α-hetero) is 1. The molecule has 7 heteroatoms. The Kier molecular flexibility index (Phi) is 7.71. The lowest BCUT2D eigenvalue weighted by Crippen LogP contribution is -2.40. The minimum absolute atomic E-state index is 0.164. The summed E-state index contributed by atoms with van der Waals surface area (Å²) in [6, 6.07) is 7.94. The zero-order valence-electron chi connectivity index (χ0n) is 17.5. The van der Waals surface area contributed by atoms with Gasteiger partial charge in [-0.3, -0.25) is 9.59 Å². The van der Waals surface area contributed by atoms with Crippen LogP contribution in [-0.4, -0.2) is 36.3 Å². The molecule has 0 atom stereocenters. The molecule has 0 saturated carbocycles. The third-order valence-corrected chi connectivity index (χ3v) is 5.52. The molecule has 0 bridgehead atoms. The van der Waals surface area contributed by atoms with Crippen LogP contribution in [-0.2, 0) is 0 Å². The van der Waals surface area contributed by atoms with Crippen molar-refractivity contribution in [2.45, 2.75) is 39.0 Å². The Morgan fingerprint density at radius 1 is 1.00 bits per heavy atom. The van der Waals surface area contributed by atoms with Crippen molar-refractivity contribution in [2.24, 2.45) is 5.92 Å². The van der Waals surface area contributed by atoms with Crippen molar-refractivity contribution in [1.29, 1.82) is 0 Å². The third kappa shape index (κ3) is 5.66. The molecule has 3 rings (SSSR count). The van der Waals surface area contributed by atoms with Gasteiger partial charge in [-0.15, -0.1) is 0 Å². The standard InChI is InChI=1S/C24H26F3NO3/c1-2-3-4-13-31-19-7-5-17(6-8-19)24(30)28-11-9-16(10-12-28)23(29)22-20(26)14-18(25)15-21(22)27/h5-8,14-16H,2-4,9-13H2,1H3. The highest BCUT2D eigenvalue weighted by Gasteiger charge is 2.31. The average Bonchev–Trinajstić information content (AvgIpc) is 2.76. The highest BCUT2D eigenvalue weighted by atomic mass is 19.1. The lowest BCUT2D eigenvalue weighted by Gasteiger charge is -2.31. The largest absolute Gasteiger partial charge is 0.494 e. The van der Waals surface area contributed by atoms with Gasteiger partial charge in [0, 0.05) is 36.7 Å². The fraction of sp³-hybridized carbons (Fsp3) is 0.417. The molecule has 0 aromatic heterocycles. The van der Waals surface area contributed by atoms with Gasteiger partial charge in [0.2, 0.25) is 0 Å². The fourth-order valence-corrected chi connectivity index (χ4v) is 3.74. The maximum absolute atomic E-state index is 13.9. The van der Waals surface area contributed by atoms with Gasteiger partial charge < -0.3 is 9.64 Å². The summed E-state index contributed by atoms with van der Waals surface area (Å²) in [5.41, 5.74) is -0.193. The van der Waals surface area contributed by atoms with Crippen molar-refractivity contribution in [2.75, 3.05) is 19.7 Å². The zero-order chi connectivity index (χ0) is 22.4. The molecular weight excluding hydrogens is 407 g/mol. The van der Waals surface area contributed by atoms with Crippen molar-refractivity contribution in [1.82, 2.24) is 4.90 Å². The molecule has 1 saturated heterocycles. The lowest BCUT2D eigenvalue weighted by atomic mass is 9.88. The maximum Gasteiger partial charge on any atom is 0.253 e. The molecule has 1 fully saturated rings. The molecular formula is C24H26F3NO3. The Hall–Kier alpha value is -2.83. The van der Waals surface area contributed by atoms with Gasteiger partial charge in [0.05, 0.1) is 12.2 Å². The predicted molar refractivity (Wildman–Crippen MR) is 111 cm³/mol. The normalized spacial score (nSPS) is 14.5. The van der Waals surface area contributed by atoms with Crippen molar-refractivity contribution < 1.29 is 27.5 Å². The van der Waals surface area contributed by atoms with Gasteiger partial charge >= 0.3 is 0 Å². The Balaban J connectivity index is 1.56. The van der Waals surface area contributed by atoms with E-state index in [4.69, 9.17) is 4.74 Å². The van der Waals surface area contributed by atoms with E-state index in [0.717, 1.165) is 19.3 Å². The molecule has 1 aliphatic rings. The van der Waals surface area contributed by atoms with E-state index >= 15 is 0 Å². The van der Waals surface area contributed by atoms with Gasteiger partial charge in [0.25, 0.3) is 5.91 Å². The van der Waals surface area contributed by atoms with Gasteiger partial charge in [-0.05, 0) is 43.5 Å². The van der Waals surface area contributed by atoms with E-state index in [1.54, 1.807) is 29.2 Å². The summed E-state index contributed by atoms with van der Waals surface area (Å²) in [7, 11) is 0. The maximum atomic E-state index is 13.9. The molecule has 0 N–H and O–H groups in total. The highest BCUT2D eigenvalue weighted by Crippen LogP contribution is 2.26. The number of halogens is 3. The minimum Gasteiger partial charge on any atom is -0.494 e. The van der Waals surface area contributed by atoms with Crippen LogP contribution < -0.4 is 4.74 Å². The summed E-state index contributed by atoms with van der Waals surface area (Å²) >= 11 is 0. The number of piperidine rings is 1. The van der Waals surface area contributed by atoms with Crippen LogP contribution in [0.5, 0.6) is 5.75 Å². The lowest BCUT2D eigenvalue weighted by molar-refractivity contribution is 0.0647. The molecule has 1 aliphatic heterocycles. The molecule has 2 aromatic rings. The number of ether oxygens (including phenoxy) is 1. The van der Waals surface area contributed by atoms with E-state index < -0.39 is 34.7 Å². The molecule has 0 spiro atoms.